The van der Waals surface area contributed by atoms with Crippen molar-refractivity contribution in [3.05, 3.63) is 60.2 Å². The van der Waals surface area contributed by atoms with Crippen LogP contribution in [0.25, 0.3) is 0 Å². The Morgan fingerprint density at radius 3 is 2.46 bits per heavy atom. The van der Waals surface area contributed by atoms with Crippen molar-refractivity contribution >= 4 is 11.6 Å². The van der Waals surface area contributed by atoms with Gasteiger partial charge in [0.15, 0.2) is 0 Å². The highest BCUT2D eigenvalue weighted by Crippen LogP contribution is 2.17. The van der Waals surface area contributed by atoms with Gasteiger partial charge in [-0.05, 0) is 36.9 Å². The van der Waals surface area contributed by atoms with Crippen LogP contribution in [0, 0.1) is 0 Å². The van der Waals surface area contributed by atoms with Gasteiger partial charge in [0.05, 0.1) is 6.61 Å². The van der Waals surface area contributed by atoms with E-state index in [0.717, 1.165) is 17.0 Å². The van der Waals surface area contributed by atoms with E-state index >= 15 is 0 Å². The third kappa shape index (κ3) is 6.40. The number of hydrogen-bond donors (Lipinski definition) is 2. The predicted octanol–water partition coefficient (Wildman–Crippen LogP) is 2.52. The van der Waals surface area contributed by atoms with Crippen molar-refractivity contribution in [2.45, 2.75) is 13.0 Å². The normalized spacial score (nSPS) is 10.6. The summed E-state index contributed by atoms with van der Waals surface area (Å²) in [6, 6.07) is 17.3. The molecule has 0 radical (unpaired) electrons. The molecule has 0 aliphatic heterocycles. The standard InChI is InChI=1S/C19H24N2O3/c1-21(13-14-22)12-11-19(23)20-17-7-9-18(10-8-17)24-15-16-5-3-2-4-6-16/h2-10,22H,11-15H2,1H3,(H,20,23). The Morgan fingerprint density at radius 1 is 1.08 bits per heavy atom. The number of amides is 1. The maximum atomic E-state index is 11.9. The second-order valence-corrected chi connectivity index (χ2v) is 5.62. The number of nitrogens with one attached hydrogen (secondary N) is 1. The number of nitrogens with zero attached hydrogens (tertiary/aromatic N) is 1. The lowest BCUT2D eigenvalue weighted by molar-refractivity contribution is -0.116. The third-order valence-electron chi connectivity index (χ3n) is 3.59. The number of aliphatic hydroxyl groups is 1. The van der Waals surface area contributed by atoms with Crippen LogP contribution in [0.15, 0.2) is 54.6 Å². The van der Waals surface area contributed by atoms with Crippen LogP contribution in [0.5, 0.6) is 5.75 Å². The minimum Gasteiger partial charge on any atom is -0.489 e. The molecule has 0 bridgehead atoms. The number of likely N-dealkylation sites (N-methyl/N-ethyl adjacent to an activating group) is 1. The largest absolute Gasteiger partial charge is 0.489 e. The smallest absolute Gasteiger partial charge is 0.225 e. The van der Waals surface area contributed by atoms with Crippen molar-refractivity contribution in [3.8, 4) is 5.75 Å². The molecule has 0 aliphatic rings. The molecule has 2 N–H and O–H groups in total. The van der Waals surface area contributed by atoms with Gasteiger partial charge in [0, 0.05) is 25.2 Å². The van der Waals surface area contributed by atoms with Crippen molar-refractivity contribution in [2.24, 2.45) is 0 Å². The van der Waals surface area contributed by atoms with E-state index in [1.165, 1.54) is 0 Å². The summed E-state index contributed by atoms with van der Waals surface area (Å²) >= 11 is 0. The van der Waals surface area contributed by atoms with Gasteiger partial charge in [-0.15, -0.1) is 0 Å². The van der Waals surface area contributed by atoms with E-state index in [0.29, 0.717) is 26.1 Å². The molecule has 128 valence electrons. The molecule has 0 heterocycles. The predicted molar refractivity (Wildman–Crippen MR) is 95.0 cm³/mol. The average Bonchev–Trinajstić information content (AvgIpc) is 2.61. The van der Waals surface area contributed by atoms with E-state index in [2.05, 4.69) is 5.32 Å². The fourth-order valence-corrected chi connectivity index (χ4v) is 2.17. The first-order chi connectivity index (χ1) is 11.7. The Hall–Kier alpha value is -2.37. The lowest BCUT2D eigenvalue weighted by atomic mass is 10.2. The Bertz CT molecular complexity index is 614. The van der Waals surface area contributed by atoms with E-state index in [1.54, 1.807) is 0 Å². The molecule has 0 aromatic heterocycles. The van der Waals surface area contributed by atoms with Crippen LogP contribution in [-0.2, 0) is 11.4 Å². The molecule has 1 amide bonds. The van der Waals surface area contributed by atoms with E-state index in [-0.39, 0.29) is 12.5 Å². The SMILES string of the molecule is CN(CCO)CCC(=O)Nc1ccc(OCc2ccccc2)cc1. The molecule has 0 unspecified atom stereocenters. The van der Waals surface area contributed by atoms with Crippen molar-refractivity contribution in [1.29, 1.82) is 0 Å². The van der Waals surface area contributed by atoms with Crippen LogP contribution in [-0.4, -0.2) is 42.7 Å². The lowest BCUT2D eigenvalue weighted by Gasteiger charge is -2.14. The van der Waals surface area contributed by atoms with Crippen LogP contribution in [0.2, 0.25) is 0 Å². The van der Waals surface area contributed by atoms with Crippen molar-refractivity contribution < 1.29 is 14.6 Å². The second kappa shape index (κ2) is 9.70. The Labute approximate surface area is 142 Å². The van der Waals surface area contributed by atoms with E-state index in [4.69, 9.17) is 9.84 Å². The number of rotatable bonds is 9. The van der Waals surface area contributed by atoms with Gasteiger partial charge in [-0.1, -0.05) is 30.3 Å². The van der Waals surface area contributed by atoms with Crippen LogP contribution in [0.3, 0.4) is 0 Å². The summed E-state index contributed by atoms with van der Waals surface area (Å²) in [5.41, 5.74) is 1.86. The molecule has 2 aromatic carbocycles. The molecule has 0 fully saturated rings. The lowest BCUT2D eigenvalue weighted by Crippen LogP contribution is -2.26. The number of hydrogen-bond acceptors (Lipinski definition) is 4. The zero-order valence-electron chi connectivity index (χ0n) is 13.9. The van der Waals surface area contributed by atoms with Gasteiger partial charge in [0.2, 0.25) is 5.91 Å². The molecule has 0 saturated carbocycles. The molecule has 24 heavy (non-hydrogen) atoms. The first-order valence-corrected chi connectivity index (χ1v) is 8.03. The third-order valence-corrected chi connectivity index (χ3v) is 3.59. The average molecular weight is 328 g/mol. The maximum Gasteiger partial charge on any atom is 0.225 e. The number of benzene rings is 2. The molecule has 5 heteroatoms. The summed E-state index contributed by atoms with van der Waals surface area (Å²) in [5.74, 6) is 0.720. The number of carbonyl (C=O) groups is 1. The van der Waals surface area contributed by atoms with Gasteiger partial charge in [0.25, 0.3) is 0 Å². The highest BCUT2D eigenvalue weighted by Gasteiger charge is 2.05. The van der Waals surface area contributed by atoms with E-state index < -0.39 is 0 Å². The van der Waals surface area contributed by atoms with Crippen molar-refractivity contribution in [2.75, 3.05) is 32.1 Å². The minimum atomic E-state index is -0.0438. The molecule has 5 nitrogen and oxygen atoms in total. The van der Waals surface area contributed by atoms with Gasteiger partial charge in [-0.2, -0.15) is 0 Å². The molecule has 2 rings (SSSR count). The highest BCUT2D eigenvalue weighted by molar-refractivity contribution is 5.90. The minimum absolute atomic E-state index is 0.0438. The monoisotopic (exact) mass is 328 g/mol. The number of carbonyl (C=O) groups excluding carboxylic acids is 1. The zero-order chi connectivity index (χ0) is 17.2. The Kier molecular flexibility index (Phi) is 7.26. The van der Waals surface area contributed by atoms with Crippen molar-refractivity contribution in [3.63, 3.8) is 0 Å². The van der Waals surface area contributed by atoms with Gasteiger partial charge in [0.1, 0.15) is 12.4 Å². The quantitative estimate of drug-likeness (QED) is 0.742. The Morgan fingerprint density at radius 2 is 1.79 bits per heavy atom. The summed E-state index contributed by atoms with van der Waals surface area (Å²) in [6.07, 6.45) is 0.392. The molecule has 0 aliphatic carbocycles. The van der Waals surface area contributed by atoms with Crippen LogP contribution in [0.4, 0.5) is 5.69 Å². The first kappa shape index (κ1) is 18.0. The number of ether oxygens (including phenoxy) is 1. The summed E-state index contributed by atoms with van der Waals surface area (Å²) in [5, 5.41) is 11.7. The van der Waals surface area contributed by atoms with Crippen LogP contribution < -0.4 is 10.1 Å². The second-order valence-electron chi connectivity index (χ2n) is 5.62. The number of aliphatic hydroxyl groups excluding tert-OH is 1. The topological polar surface area (TPSA) is 61.8 Å². The zero-order valence-corrected chi connectivity index (χ0v) is 13.9. The highest BCUT2D eigenvalue weighted by atomic mass is 16.5. The summed E-state index contributed by atoms with van der Waals surface area (Å²) in [4.78, 5) is 13.8. The van der Waals surface area contributed by atoms with Crippen molar-refractivity contribution in [1.82, 2.24) is 4.90 Å². The maximum absolute atomic E-state index is 11.9. The van der Waals surface area contributed by atoms with E-state index in [9.17, 15) is 4.79 Å². The molecule has 0 spiro atoms. The summed E-state index contributed by atoms with van der Waals surface area (Å²) in [7, 11) is 1.88. The fourth-order valence-electron chi connectivity index (χ4n) is 2.17. The summed E-state index contributed by atoms with van der Waals surface area (Å²) < 4.78 is 5.71. The first-order valence-electron chi connectivity index (χ1n) is 8.03. The molecule has 0 saturated heterocycles. The van der Waals surface area contributed by atoms with Gasteiger partial charge in [-0.25, -0.2) is 0 Å². The number of anilines is 1. The molecule has 0 atom stereocenters. The van der Waals surface area contributed by atoms with Gasteiger partial charge in [-0.3, -0.25) is 4.79 Å². The summed E-state index contributed by atoms with van der Waals surface area (Å²) in [6.45, 7) is 1.80. The van der Waals surface area contributed by atoms with Crippen LogP contribution in [0.1, 0.15) is 12.0 Å². The van der Waals surface area contributed by atoms with Gasteiger partial charge < -0.3 is 20.1 Å². The molecular weight excluding hydrogens is 304 g/mol. The molecular formula is C19H24N2O3. The Balaban J connectivity index is 1.76. The van der Waals surface area contributed by atoms with Gasteiger partial charge >= 0.3 is 0 Å². The molecule has 2 aromatic rings. The van der Waals surface area contributed by atoms with Crippen LogP contribution >= 0.6 is 0 Å². The fraction of sp³-hybridized carbons (Fsp3) is 0.316. The van der Waals surface area contributed by atoms with E-state index in [1.807, 2.05) is 66.5 Å².